The van der Waals surface area contributed by atoms with Crippen LogP contribution in [0, 0.1) is 5.92 Å². The van der Waals surface area contributed by atoms with Crippen LogP contribution < -0.4 is 11.1 Å². The summed E-state index contributed by atoms with van der Waals surface area (Å²) in [4.78, 5) is 40.2. The Morgan fingerprint density at radius 3 is 2.75 bits per heavy atom. The highest BCUT2D eigenvalue weighted by molar-refractivity contribution is 5.97. The molecule has 1 aromatic heterocycles. The number of carbonyl (C=O) groups is 3. The number of nitrogens with two attached hydrogens (primary N) is 1. The maximum absolute atomic E-state index is 12.5. The SMILES string of the molecule is NC(=O)[C@H](NC(=O)c1ccc2ccccc2n1)[C@@H]1CCCC(=O)C1. The maximum Gasteiger partial charge on any atom is 0.270 e. The van der Waals surface area contributed by atoms with Gasteiger partial charge in [-0.15, -0.1) is 0 Å². The van der Waals surface area contributed by atoms with Crippen LogP contribution in [-0.4, -0.2) is 28.6 Å². The van der Waals surface area contributed by atoms with Gasteiger partial charge in [-0.05, 0) is 30.9 Å². The number of nitrogens with zero attached hydrogens (tertiary/aromatic N) is 1. The molecule has 0 aliphatic heterocycles. The predicted molar refractivity (Wildman–Crippen MR) is 89.2 cm³/mol. The molecular weight excluding hydrogens is 306 g/mol. The molecule has 6 nitrogen and oxygen atoms in total. The Labute approximate surface area is 139 Å². The van der Waals surface area contributed by atoms with E-state index in [1.807, 2.05) is 24.3 Å². The number of carbonyl (C=O) groups excluding carboxylic acids is 3. The van der Waals surface area contributed by atoms with Crippen molar-refractivity contribution in [2.24, 2.45) is 11.7 Å². The molecule has 2 atom stereocenters. The van der Waals surface area contributed by atoms with Crippen LogP contribution in [0.1, 0.15) is 36.2 Å². The first-order valence-electron chi connectivity index (χ1n) is 8.02. The third-order valence-corrected chi connectivity index (χ3v) is 4.42. The van der Waals surface area contributed by atoms with Gasteiger partial charge in [0.1, 0.15) is 17.5 Å². The van der Waals surface area contributed by atoms with Crippen molar-refractivity contribution in [1.29, 1.82) is 0 Å². The molecule has 0 unspecified atom stereocenters. The van der Waals surface area contributed by atoms with Gasteiger partial charge in [0.15, 0.2) is 0 Å². The molecule has 0 bridgehead atoms. The number of fused-ring (bicyclic) bond motifs is 1. The van der Waals surface area contributed by atoms with Crippen LogP contribution >= 0.6 is 0 Å². The van der Waals surface area contributed by atoms with E-state index in [0.717, 1.165) is 11.8 Å². The van der Waals surface area contributed by atoms with Crippen molar-refractivity contribution in [2.45, 2.75) is 31.7 Å². The molecule has 3 rings (SSSR count). The summed E-state index contributed by atoms with van der Waals surface area (Å²) in [5.74, 6) is -1.21. The van der Waals surface area contributed by atoms with Crippen molar-refractivity contribution in [3.8, 4) is 0 Å². The average molecular weight is 325 g/mol. The molecule has 1 heterocycles. The molecule has 1 fully saturated rings. The second kappa shape index (κ2) is 6.78. The zero-order valence-electron chi connectivity index (χ0n) is 13.2. The monoisotopic (exact) mass is 325 g/mol. The van der Waals surface area contributed by atoms with Crippen molar-refractivity contribution in [1.82, 2.24) is 10.3 Å². The van der Waals surface area contributed by atoms with Crippen LogP contribution in [0.4, 0.5) is 0 Å². The minimum atomic E-state index is -0.852. The normalized spacial score (nSPS) is 19.0. The van der Waals surface area contributed by atoms with Gasteiger partial charge in [0.2, 0.25) is 5.91 Å². The lowest BCUT2D eigenvalue weighted by Gasteiger charge is -2.28. The summed E-state index contributed by atoms with van der Waals surface area (Å²) >= 11 is 0. The first-order valence-corrected chi connectivity index (χ1v) is 8.02. The summed E-state index contributed by atoms with van der Waals surface area (Å²) < 4.78 is 0. The van der Waals surface area contributed by atoms with E-state index in [9.17, 15) is 14.4 Å². The van der Waals surface area contributed by atoms with Crippen molar-refractivity contribution in [3.63, 3.8) is 0 Å². The Morgan fingerprint density at radius 1 is 1.21 bits per heavy atom. The van der Waals surface area contributed by atoms with Gasteiger partial charge in [-0.3, -0.25) is 14.4 Å². The first kappa shape index (κ1) is 16.1. The molecule has 2 aromatic rings. The number of aromatic nitrogens is 1. The fourth-order valence-electron chi connectivity index (χ4n) is 3.17. The number of pyridine rings is 1. The molecule has 1 saturated carbocycles. The smallest absolute Gasteiger partial charge is 0.270 e. The van der Waals surface area contributed by atoms with Crippen LogP contribution in [0.2, 0.25) is 0 Å². The number of hydrogen-bond donors (Lipinski definition) is 2. The number of rotatable bonds is 4. The molecule has 0 saturated heterocycles. The van der Waals surface area contributed by atoms with Gasteiger partial charge in [0.05, 0.1) is 5.52 Å². The second-order valence-electron chi connectivity index (χ2n) is 6.14. The van der Waals surface area contributed by atoms with E-state index in [2.05, 4.69) is 10.3 Å². The fraction of sp³-hybridized carbons (Fsp3) is 0.333. The molecule has 1 aromatic carbocycles. The number of para-hydroxylation sites is 1. The Bertz CT molecular complexity index is 803. The Hall–Kier alpha value is -2.76. The molecular formula is C18H19N3O3. The standard InChI is InChI=1S/C18H19N3O3/c19-17(23)16(12-5-3-6-13(22)10-12)21-18(24)15-9-8-11-4-1-2-7-14(11)20-15/h1-2,4,7-9,12,16H,3,5-6,10H2,(H2,19,23)(H,21,24)/t12-,16-/m1/s1. The molecule has 124 valence electrons. The minimum Gasteiger partial charge on any atom is -0.368 e. The van der Waals surface area contributed by atoms with Crippen molar-refractivity contribution in [3.05, 3.63) is 42.1 Å². The molecule has 6 heteroatoms. The van der Waals surface area contributed by atoms with E-state index in [1.54, 1.807) is 12.1 Å². The van der Waals surface area contributed by atoms with E-state index in [0.29, 0.717) is 18.4 Å². The number of primary amides is 1. The van der Waals surface area contributed by atoms with Gasteiger partial charge in [0, 0.05) is 18.2 Å². The zero-order valence-corrected chi connectivity index (χ0v) is 13.2. The van der Waals surface area contributed by atoms with E-state index >= 15 is 0 Å². The van der Waals surface area contributed by atoms with E-state index in [4.69, 9.17) is 5.73 Å². The van der Waals surface area contributed by atoms with Crippen LogP contribution in [0.3, 0.4) is 0 Å². The van der Waals surface area contributed by atoms with Gasteiger partial charge in [0.25, 0.3) is 5.91 Å². The van der Waals surface area contributed by atoms with E-state index in [-0.39, 0.29) is 23.8 Å². The number of amides is 2. The topological polar surface area (TPSA) is 102 Å². The summed E-state index contributed by atoms with van der Waals surface area (Å²) in [6, 6.07) is 10.0. The van der Waals surface area contributed by atoms with Crippen LogP contribution in [0.15, 0.2) is 36.4 Å². The summed E-state index contributed by atoms with van der Waals surface area (Å²) in [5, 5.41) is 3.59. The number of hydrogen-bond acceptors (Lipinski definition) is 4. The summed E-state index contributed by atoms with van der Waals surface area (Å²) in [6.45, 7) is 0. The number of nitrogens with one attached hydrogen (secondary N) is 1. The van der Waals surface area contributed by atoms with E-state index in [1.165, 1.54) is 0 Å². The molecule has 2 amide bonds. The quantitative estimate of drug-likeness (QED) is 0.891. The largest absolute Gasteiger partial charge is 0.368 e. The average Bonchev–Trinajstić information content (AvgIpc) is 2.58. The van der Waals surface area contributed by atoms with Gasteiger partial charge in [-0.25, -0.2) is 4.98 Å². The Morgan fingerprint density at radius 2 is 2.00 bits per heavy atom. The third kappa shape index (κ3) is 3.42. The summed E-state index contributed by atoms with van der Waals surface area (Å²) in [5.41, 5.74) is 6.37. The Balaban J connectivity index is 1.79. The molecule has 3 N–H and O–H groups in total. The van der Waals surface area contributed by atoms with E-state index < -0.39 is 17.9 Å². The molecule has 0 radical (unpaired) electrons. The Kier molecular flexibility index (Phi) is 4.55. The first-order chi connectivity index (χ1) is 11.5. The van der Waals surface area contributed by atoms with Crippen molar-refractivity contribution in [2.75, 3.05) is 0 Å². The number of Topliss-reactive ketones (excluding diaryl/α,β-unsaturated/α-hetero) is 1. The van der Waals surface area contributed by atoms with Gasteiger partial charge < -0.3 is 11.1 Å². The highest BCUT2D eigenvalue weighted by Gasteiger charge is 2.32. The summed E-state index contributed by atoms with van der Waals surface area (Å²) in [7, 11) is 0. The van der Waals surface area contributed by atoms with Crippen LogP contribution in [-0.2, 0) is 9.59 Å². The van der Waals surface area contributed by atoms with Gasteiger partial charge >= 0.3 is 0 Å². The minimum absolute atomic E-state index is 0.107. The molecule has 1 aliphatic rings. The third-order valence-electron chi connectivity index (χ3n) is 4.42. The number of benzene rings is 1. The van der Waals surface area contributed by atoms with Gasteiger partial charge in [-0.2, -0.15) is 0 Å². The number of ketones is 1. The lowest BCUT2D eigenvalue weighted by molar-refractivity contribution is -0.124. The zero-order chi connectivity index (χ0) is 17.1. The van der Waals surface area contributed by atoms with Gasteiger partial charge in [-0.1, -0.05) is 24.3 Å². The lowest BCUT2D eigenvalue weighted by atomic mass is 9.83. The molecule has 24 heavy (non-hydrogen) atoms. The summed E-state index contributed by atoms with van der Waals surface area (Å²) in [6.07, 6.45) is 2.23. The fourth-order valence-corrected chi connectivity index (χ4v) is 3.17. The predicted octanol–water partition coefficient (Wildman–Crippen LogP) is 1.58. The second-order valence-corrected chi connectivity index (χ2v) is 6.14. The lowest BCUT2D eigenvalue weighted by Crippen LogP contribution is -2.50. The van der Waals surface area contributed by atoms with Crippen LogP contribution in [0.5, 0.6) is 0 Å². The highest BCUT2D eigenvalue weighted by Crippen LogP contribution is 2.24. The highest BCUT2D eigenvalue weighted by atomic mass is 16.2. The molecule has 1 aliphatic carbocycles. The van der Waals surface area contributed by atoms with Crippen LogP contribution in [0.25, 0.3) is 10.9 Å². The van der Waals surface area contributed by atoms with Crippen molar-refractivity contribution < 1.29 is 14.4 Å². The van der Waals surface area contributed by atoms with Crippen molar-refractivity contribution >= 4 is 28.5 Å². The molecule has 0 spiro atoms. The maximum atomic E-state index is 12.5.